The minimum atomic E-state index is -4.69. The van der Waals surface area contributed by atoms with Gasteiger partial charge in [0.2, 0.25) is 5.95 Å². The molecule has 0 radical (unpaired) electrons. The van der Waals surface area contributed by atoms with Crippen molar-refractivity contribution >= 4 is 41.6 Å². The molecular weight excluding hydrogens is 437 g/mol. The Morgan fingerprint density at radius 1 is 1.35 bits per heavy atom. The second kappa shape index (κ2) is 8.51. The lowest BCUT2D eigenvalue weighted by atomic mass is 9.79. The molecule has 0 saturated carbocycles. The van der Waals surface area contributed by atoms with Crippen LogP contribution in [0.25, 0.3) is 0 Å². The van der Waals surface area contributed by atoms with Gasteiger partial charge < -0.3 is 25.0 Å². The van der Waals surface area contributed by atoms with E-state index in [0.717, 1.165) is 0 Å². The fourth-order valence-electron chi connectivity index (χ4n) is 3.49. The van der Waals surface area contributed by atoms with Crippen molar-refractivity contribution < 1.29 is 27.6 Å². The summed E-state index contributed by atoms with van der Waals surface area (Å²) in [4.78, 5) is 7.76. The number of alkyl halides is 3. The van der Waals surface area contributed by atoms with Crippen LogP contribution in [0.3, 0.4) is 0 Å². The predicted octanol–water partition coefficient (Wildman–Crippen LogP) is 2.45. The smallest absolute Gasteiger partial charge is 0.423 e. The first-order valence-corrected chi connectivity index (χ1v) is 9.71. The van der Waals surface area contributed by atoms with Crippen molar-refractivity contribution in [3.05, 3.63) is 34.5 Å². The molecule has 13 heteroatoms. The molecule has 0 bridgehead atoms. The summed E-state index contributed by atoms with van der Waals surface area (Å²) in [5.74, 6) is -1.06. The summed E-state index contributed by atoms with van der Waals surface area (Å²) < 4.78 is 50.9. The maximum Gasteiger partial charge on any atom is 0.493 e. The van der Waals surface area contributed by atoms with Gasteiger partial charge >= 0.3 is 13.3 Å². The number of benzene rings is 1. The molecule has 1 aromatic carbocycles. The fraction of sp³-hybridized carbons (Fsp3) is 0.389. The van der Waals surface area contributed by atoms with Gasteiger partial charge in [-0.25, -0.2) is 4.98 Å². The van der Waals surface area contributed by atoms with E-state index in [1.54, 1.807) is 6.07 Å². The van der Waals surface area contributed by atoms with Gasteiger partial charge in [0, 0.05) is 29.0 Å². The molecule has 1 aromatic heterocycles. The molecule has 3 N–H and O–H groups in total. The Hall–Kier alpha value is -2.59. The summed E-state index contributed by atoms with van der Waals surface area (Å²) in [7, 11) is -1.12. The van der Waals surface area contributed by atoms with Crippen LogP contribution >= 0.6 is 11.6 Å². The Bertz CT molecular complexity index is 1040. The quantitative estimate of drug-likeness (QED) is 0.605. The number of aromatic nitrogens is 2. The molecule has 31 heavy (non-hydrogen) atoms. The molecular formula is C18H16BClF3N5O3. The fourth-order valence-corrected chi connectivity index (χ4v) is 3.83. The second-order valence-electron chi connectivity index (χ2n) is 7.12. The third-order valence-electron chi connectivity index (χ3n) is 5.05. The van der Waals surface area contributed by atoms with E-state index in [9.17, 15) is 23.5 Å². The first kappa shape index (κ1) is 21.6. The van der Waals surface area contributed by atoms with Crippen LogP contribution < -0.4 is 16.1 Å². The average molecular weight is 454 g/mol. The highest BCUT2D eigenvalue weighted by Gasteiger charge is 2.37. The van der Waals surface area contributed by atoms with Crippen molar-refractivity contribution in [3.63, 3.8) is 0 Å². The Labute approximate surface area is 180 Å². The molecule has 0 spiro atoms. The topological polar surface area (TPSA) is 112 Å². The highest BCUT2D eigenvalue weighted by Crippen LogP contribution is 2.35. The number of ether oxygens (including phenoxy) is 1. The van der Waals surface area contributed by atoms with Gasteiger partial charge in [-0.15, -0.1) is 0 Å². The van der Waals surface area contributed by atoms with Crippen molar-refractivity contribution in [2.24, 2.45) is 5.92 Å². The van der Waals surface area contributed by atoms with Crippen molar-refractivity contribution in [3.8, 4) is 6.07 Å². The number of nitrogens with zero attached hydrogens (tertiary/aromatic N) is 3. The third-order valence-corrected chi connectivity index (χ3v) is 5.37. The van der Waals surface area contributed by atoms with E-state index in [2.05, 4.69) is 26.7 Å². The Kier molecular flexibility index (Phi) is 5.94. The minimum Gasteiger partial charge on any atom is -0.423 e. The lowest BCUT2D eigenvalue weighted by Gasteiger charge is -2.29. The van der Waals surface area contributed by atoms with Gasteiger partial charge in [-0.2, -0.15) is 23.4 Å². The monoisotopic (exact) mass is 453 g/mol. The number of fused-ring (bicyclic) bond motifs is 1. The van der Waals surface area contributed by atoms with Gasteiger partial charge in [0.1, 0.15) is 11.4 Å². The molecule has 1 unspecified atom stereocenters. The van der Waals surface area contributed by atoms with Crippen LogP contribution in [0.2, 0.25) is 5.02 Å². The van der Waals surface area contributed by atoms with Gasteiger partial charge in [-0.1, -0.05) is 11.6 Å². The Morgan fingerprint density at radius 2 is 2.16 bits per heavy atom. The van der Waals surface area contributed by atoms with E-state index in [1.807, 2.05) is 0 Å². The van der Waals surface area contributed by atoms with Crippen LogP contribution in [-0.4, -0.2) is 41.4 Å². The minimum absolute atomic E-state index is 0.0883. The molecule has 2 aliphatic heterocycles. The van der Waals surface area contributed by atoms with Gasteiger partial charge in [0.25, 0.3) is 0 Å². The number of halogens is 4. The molecule has 0 aliphatic carbocycles. The first-order valence-electron chi connectivity index (χ1n) is 9.33. The van der Waals surface area contributed by atoms with Crippen LogP contribution in [0.15, 0.2) is 18.3 Å². The zero-order chi connectivity index (χ0) is 22.2. The van der Waals surface area contributed by atoms with Crippen LogP contribution in [0.5, 0.6) is 0 Å². The van der Waals surface area contributed by atoms with E-state index in [4.69, 9.17) is 21.0 Å². The maximum absolute atomic E-state index is 13.5. The summed E-state index contributed by atoms with van der Waals surface area (Å²) in [5.41, 5.74) is 0.457. The molecule has 2 aliphatic rings. The standard InChI is InChI=1S/C18H16BClF3N5O3/c20-13-4-11(3-10-7-31-19(29)15(10)13)26-17-25-6-12(18(21,22)23)16(28-17)27-14-8-30-2-1-9(14)5-24/h3-4,6,9,14,29H,1-2,7-8H2,(H2,25,26,27,28)/t9?,14-/m0/s1. The van der Waals surface area contributed by atoms with Gasteiger partial charge in [0.05, 0.1) is 31.2 Å². The largest absolute Gasteiger partial charge is 0.493 e. The molecule has 162 valence electrons. The van der Waals surface area contributed by atoms with Crippen molar-refractivity contribution in [2.45, 2.75) is 25.2 Å². The van der Waals surface area contributed by atoms with Crippen LogP contribution in [0.1, 0.15) is 17.5 Å². The zero-order valence-electron chi connectivity index (χ0n) is 15.9. The Morgan fingerprint density at radius 3 is 2.90 bits per heavy atom. The number of hydrogen-bond acceptors (Lipinski definition) is 8. The van der Waals surface area contributed by atoms with E-state index in [0.29, 0.717) is 35.9 Å². The molecule has 2 aromatic rings. The zero-order valence-corrected chi connectivity index (χ0v) is 16.7. The highest BCUT2D eigenvalue weighted by molar-refractivity contribution is 6.65. The van der Waals surface area contributed by atoms with E-state index in [-0.39, 0.29) is 24.2 Å². The van der Waals surface area contributed by atoms with E-state index in [1.165, 1.54) is 6.07 Å². The van der Waals surface area contributed by atoms with Crippen LogP contribution in [0, 0.1) is 17.2 Å². The summed E-state index contributed by atoms with van der Waals surface area (Å²) in [6.07, 6.45) is -3.61. The molecule has 0 amide bonds. The van der Waals surface area contributed by atoms with Crippen molar-refractivity contribution in [1.82, 2.24) is 9.97 Å². The van der Waals surface area contributed by atoms with Gasteiger partial charge in [-0.05, 0) is 24.1 Å². The summed E-state index contributed by atoms with van der Waals surface area (Å²) in [6.45, 7) is 0.602. The van der Waals surface area contributed by atoms with Gasteiger partial charge in [-0.3, -0.25) is 0 Å². The SMILES string of the molecule is N#CC1CCOC[C@@H]1Nc1nc(Nc2cc(Cl)c3c(c2)COB3O)ncc1C(F)(F)F. The molecule has 2 atom stereocenters. The highest BCUT2D eigenvalue weighted by atomic mass is 35.5. The maximum atomic E-state index is 13.5. The van der Waals surface area contributed by atoms with E-state index >= 15 is 0 Å². The summed E-state index contributed by atoms with van der Waals surface area (Å²) >= 11 is 6.19. The number of hydrogen-bond donors (Lipinski definition) is 3. The van der Waals surface area contributed by atoms with Crippen molar-refractivity contribution in [2.75, 3.05) is 23.8 Å². The number of anilines is 3. The average Bonchev–Trinajstić information content (AvgIpc) is 3.09. The lowest BCUT2D eigenvalue weighted by molar-refractivity contribution is -0.137. The number of nitrogens with one attached hydrogen (secondary N) is 2. The molecule has 1 saturated heterocycles. The number of nitriles is 1. The summed E-state index contributed by atoms with van der Waals surface area (Å²) in [6, 6.07) is 4.59. The summed E-state index contributed by atoms with van der Waals surface area (Å²) in [5, 5.41) is 24.8. The van der Waals surface area contributed by atoms with Crippen molar-refractivity contribution in [1.29, 1.82) is 5.26 Å². The third kappa shape index (κ3) is 4.55. The van der Waals surface area contributed by atoms with E-state index < -0.39 is 36.6 Å². The van der Waals surface area contributed by atoms with Gasteiger partial charge in [0.15, 0.2) is 0 Å². The number of rotatable bonds is 4. The van der Waals surface area contributed by atoms with Crippen LogP contribution in [0.4, 0.5) is 30.6 Å². The second-order valence-corrected chi connectivity index (χ2v) is 7.53. The molecule has 1 fully saturated rings. The normalized spacial score (nSPS) is 20.8. The Balaban J connectivity index is 1.63. The lowest BCUT2D eigenvalue weighted by Crippen LogP contribution is -2.38. The predicted molar refractivity (Wildman–Crippen MR) is 106 cm³/mol. The molecule has 3 heterocycles. The molecule has 4 rings (SSSR count). The first-order chi connectivity index (χ1) is 14.8. The van der Waals surface area contributed by atoms with Crippen LogP contribution in [-0.2, 0) is 22.2 Å². The molecule has 8 nitrogen and oxygen atoms in total.